The highest BCUT2D eigenvalue weighted by atomic mass is 15.3. The lowest BCUT2D eigenvalue weighted by Crippen LogP contribution is -2.13. The molecule has 0 aliphatic heterocycles. The van der Waals surface area contributed by atoms with Gasteiger partial charge in [-0.3, -0.25) is 0 Å². The lowest BCUT2D eigenvalue weighted by molar-refractivity contribution is 0.647. The normalized spacial score (nSPS) is 15.1. The Balaban J connectivity index is 1.45. The average molecular weight is 367 g/mol. The molecule has 0 heterocycles. The Labute approximate surface area is 167 Å². The maximum absolute atomic E-state index is 4.68. The minimum atomic E-state index is 0.774. The zero-order chi connectivity index (χ0) is 18.8. The minimum absolute atomic E-state index is 0.774. The molecular formula is C26H26N2. The Kier molecular flexibility index (Phi) is 4.70. The lowest BCUT2D eigenvalue weighted by atomic mass is 9.92. The molecule has 3 aromatic carbocycles. The number of hydrogen-bond acceptors (Lipinski definition) is 2. The van der Waals surface area contributed by atoms with Crippen LogP contribution in [0, 0.1) is 0 Å². The molecule has 1 fully saturated rings. The maximum atomic E-state index is 4.68. The SMILES string of the molecule is c1ccc(-c2cccc3c2Cc2ccccc2-3)c(CNN=C2CCCCC2)c1. The first-order valence-corrected chi connectivity index (χ1v) is 10.5. The zero-order valence-electron chi connectivity index (χ0n) is 16.2. The molecule has 0 unspecified atom stereocenters. The summed E-state index contributed by atoms with van der Waals surface area (Å²) in [4.78, 5) is 0. The molecule has 0 amide bonds. The summed E-state index contributed by atoms with van der Waals surface area (Å²) >= 11 is 0. The van der Waals surface area contributed by atoms with Crippen LogP contribution in [0.25, 0.3) is 22.3 Å². The summed E-state index contributed by atoms with van der Waals surface area (Å²) in [5, 5.41) is 4.68. The van der Waals surface area contributed by atoms with Crippen LogP contribution in [0.4, 0.5) is 0 Å². The van der Waals surface area contributed by atoms with Crippen LogP contribution >= 0.6 is 0 Å². The first-order valence-electron chi connectivity index (χ1n) is 10.5. The van der Waals surface area contributed by atoms with Gasteiger partial charge < -0.3 is 5.43 Å². The monoisotopic (exact) mass is 366 g/mol. The molecule has 0 saturated heterocycles. The molecule has 5 rings (SSSR count). The summed E-state index contributed by atoms with van der Waals surface area (Å²) < 4.78 is 0. The summed E-state index contributed by atoms with van der Waals surface area (Å²) in [6, 6.07) is 24.3. The van der Waals surface area contributed by atoms with Crippen LogP contribution in [0.3, 0.4) is 0 Å². The molecule has 1 saturated carbocycles. The largest absolute Gasteiger partial charge is 0.306 e. The van der Waals surface area contributed by atoms with Crippen LogP contribution in [0.5, 0.6) is 0 Å². The van der Waals surface area contributed by atoms with E-state index in [0.717, 1.165) is 25.8 Å². The van der Waals surface area contributed by atoms with Gasteiger partial charge in [0, 0.05) is 5.71 Å². The molecule has 2 heteroatoms. The van der Waals surface area contributed by atoms with Gasteiger partial charge in [0.15, 0.2) is 0 Å². The number of nitrogens with zero attached hydrogens (tertiary/aromatic N) is 1. The quantitative estimate of drug-likeness (QED) is 0.419. The summed E-state index contributed by atoms with van der Waals surface area (Å²) in [6.45, 7) is 0.774. The van der Waals surface area contributed by atoms with Gasteiger partial charge in [0.25, 0.3) is 0 Å². The number of hydrogen-bond donors (Lipinski definition) is 1. The molecule has 0 radical (unpaired) electrons. The number of fused-ring (bicyclic) bond motifs is 3. The molecular weight excluding hydrogens is 340 g/mol. The van der Waals surface area contributed by atoms with E-state index in [1.807, 2.05) is 0 Å². The van der Waals surface area contributed by atoms with Crippen molar-refractivity contribution in [1.82, 2.24) is 5.43 Å². The van der Waals surface area contributed by atoms with E-state index >= 15 is 0 Å². The standard InChI is InChI=1S/C26H26N2/c1-2-11-21(12-3-1)28-27-18-20-10-5-7-14-23(20)25-16-8-15-24-22-13-6-4-9-19(22)17-26(24)25/h4-10,13-16,27H,1-3,11-12,17-18H2. The smallest absolute Gasteiger partial charge is 0.0586 e. The number of hydrazone groups is 1. The van der Waals surface area contributed by atoms with Crippen molar-refractivity contribution in [2.45, 2.75) is 45.1 Å². The van der Waals surface area contributed by atoms with E-state index < -0.39 is 0 Å². The lowest BCUT2D eigenvalue weighted by Gasteiger charge is -2.15. The van der Waals surface area contributed by atoms with E-state index in [0.29, 0.717) is 0 Å². The molecule has 0 spiro atoms. The van der Waals surface area contributed by atoms with E-state index in [-0.39, 0.29) is 0 Å². The van der Waals surface area contributed by atoms with Crippen molar-refractivity contribution in [2.24, 2.45) is 5.10 Å². The fourth-order valence-corrected chi connectivity index (χ4v) is 4.66. The Hall–Kier alpha value is -2.87. The fourth-order valence-electron chi connectivity index (χ4n) is 4.66. The number of rotatable bonds is 4. The van der Waals surface area contributed by atoms with Crippen molar-refractivity contribution in [3.8, 4) is 22.3 Å². The van der Waals surface area contributed by atoms with Gasteiger partial charge in [-0.05, 0) is 71.0 Å². The first-order chi connectivity index (χ1) is 13.9. The zero-order valence-corrected chi connectivity index (χ0v) is 16.2. The second-order valence-corrected chi connectivity index (χ2v) is 7.90. The number of nitrogens with one attached hydrogen (secondary N) is 1. The first kappa shape index (κ1) is 17.2. The summed E-state index contributed by atoms with van der Waals surface area (Å²) in [5.41, 5.74) is 14.3. The second kappa shape index (κ2) is 7.63. The molecule has 0 aromatic heterocycles. The molecule has 0 bridgehead atoms. The van der Waals surface area contributed by atoms with Crippen molar-refractivity contribution in [2.75, 3.05) is 0 Å². The third-order valence-corrected chi connectivity index (χ3v) is 6.10. The van der Waals surface area contributed by atoms with Crippen molar-refractivity contribution in [3.05, 3.63) is 83.4 Å². The van der Waals surface area contributed by atoms with E-state index in [4.69, 9.17) is 0 Å². The van der Waals surface area contributed by atoms with E-state index in [2.05, 4.69) is 77.3 Å². The fraction of sp³-hybridized carbons (Fsp3) is 0.269. The molecule has 2 aliphatic rings. The molecule has 3 aromatic rings. The van der Waals surface area contributed by atoms with Gasteiger partial charge in [0.05, 0.1) is 6.54 Å². The van der Waals surface area contributed by atoms with E-state index in [9.17, 15) is 0 Å². The maximum Gasteiger partial charge on any atom is 0.0586 e. The highest BCUT2D eigenvalue weighted by Gasteiger charge is 2.21. The Morgan fingerprint density at radius 2 is 1.36 bits per heavy atom. The Bertz CT molecular complexity index is 1020. The van der Waals surface area contributed by atoms with Crippen molar-refractivity contribution in [3.63, 3.8) is 0 Å². The van der Waals surface area contributed by atoms with Gasteiger partial charge in [0.2, 0.25) is 0 Å². The molecule has 1 N–H and O–H groups in total. The van der Waals surface area contributed by atoms with Crippen molar-refractivity contribution in [1.29, 1.82) is 0 Å². The molecule has 2 nitrogen and oxygen atoms in total. The summed E-state index contributed by atoms with van der Waals surface area (Å²) in [7, 11) is 0. The van der Waals surface area contributed by atoms with Gasteiger partial charge in [-0.2, -0.15) is 5.10 Å². The van der Waals surface area contributed by atoms with Crippen molar-refractivity contribution >= 4 is 5.71 Å². The highest BCUT2D eigenvalue weighted by Crippen LogP contribution is 2.42. The van der Waals surface area contributed by atoms with Gasteiger partial charge in [-0.15, -0.1) is 0 Å². The highest BCUT2D eigenvalue weighted by molar-refractivity contribution is 5.86. The summed E-state index contributed by atoms with van der Waals surface area (Å²) in [6.07, 6.45) is 7.24. The third-order valence-electron chi connectivity index (χ3n) is 6.10. The van der Waals surface area contributed by atoms with Crippen molar-refractivity contribution < 1.29 is 0 Å². The van der Waals surface area contributed by atoms with Crippen LogP contribution in [-0.4, -0.2) is 5.71 Å². The van der Waals surface area contributed by atoms with E-state index in [1.54, 1.807) is 0 Å². The average Bonchev–Trinajstić information content (AvgIpc) is 3.14. The Morgan fingerprint density at radius 1 is 0.679 bits per heavy atom. The predicted molar refractivity (Wildman–Crippen MR) is 117 cm³/mol. The van der Waals surface area contributed by atoms with Gasteiger partial charge in [-0.1, -0.05) is 73.2 Å². The molecule has 140 valence electrons. The number of benzene rings is 3. The van der Waals surface area contributed by atoms with Crippen LogP contribution < -0.4 is 5.43 Å². The van der Waals surface area contributed by atoms with Gasteiger partial charge in [0.1, 0.15) is 0 Å². The van der Waals surface area contributed by atoms with Crippen LogP contribution in [-0.2, 0) is 13.0 Å². The molecule has 0 atom stereocenters. The van der Waals surface area contributed by atoms with Crippen LogP contribution in [0.15, 0.2) is 71.8 Å². The second-order valence-electron chi connectivity index (χ2n) is 7.90. The van der Waals surface area contributed by atoms with Gasteiger partial charge >= 0.3 is 0 Å². The summed E-state index contributed by atoms with van der Waals surface area (Å²) in [5.74, 6) is 0. The predicted octanol–water partition coefficient (Wildman–Crippen LogP) is 6.33. The third kappa shape index (κ3) is 3.24. The van der Waals surface area contributed by atoms with Gasteiger partial charge in [-0.25, -0.2) is 0 Å². The van der Waals surface area contributed by atoms with Crippen LogP contribution in [0.1, 0.15) is 48.8 Å². The van der Waals surface area contributed by atoms with E-state index in [1.165, 1.54) is 63.9 Å². The minimum Gasteiger partial charge on any atom is -0.306 e. The topological polar surface area (TPSA) is 24.4 Å². The molecule has 28 heavy (non-hydrogen) atoms. The molecule has 2 aliphatic carbocycles. The van der Waals surface area contributed by atoms with Crippen LogP contribution in [0.2, 0.25) is 0 Å². The Morgan fingerprint density at radius 3 is 2.21 bits per heavy atom.